The van der Waals surface area contributed by atoms with Crippen LogP contribution in [0, 0.1) is 19.8 Å². The largest absolute Gasteiger partial charge is 0.341 e. The summed E-state index contributed by atoms with van der Waals surface area (Å²) in [5.74, 6) is 1.65. The quantitative estimate of drug-likeness (QED) is 0.576. The summed E-state index contributed by atoms with van der Waals surface area (Å²) in [6, 6.07) is 8.75. The first kappa shape index (κ1) is 19.4. The Labute approximate surface area is 181 Å². The van der Waals surface area contributed by atoms with E-state index >= 15 is 0 Å². The average Bonchev–Trinajstić information content (AvgIpc) is 3.48. The van der Waals surface area contributed by atoms with Gasteiger partial charge in [-0.15, -0.1) is 11.8 Å². The predicted molar refractivity (Wildman–Crippen MR) is 121 cm³/mol. The molecule has 0 unspecified atom stereocenters. The van der Waals surface area contributed by atoms with Crippen molar-refractivity contribution in [2.24, 2.45) is 5.92 Å². The van der Waals surface area contributed by atoms with E-state index in [0.29, 0.717) is 18.5 Å². The van der Waals surface area contributed by atoms with Gasteiger partial charge in [-0.05, 0) is 86.7 Å². The third kappa shape index (κ3) is 3.23. The van der Waals surface area contributed by atoms with Crippen LogP contribution in [-0.4, -0.2) is 38.1 Å². The number of hydrogen-bond acceptors (Lipinski definition) is 4. The van der Waals surface area contributed by atoms with E-state index in [1.54, 1.807) is 11.8 Å². The molecule has 1 fully saturated rings. The van der Waals surface area contributed by atoms with Crippen molar-refractivity contribution in [3.63, 3.8) is 0 Å². The molecule has 0 spiro atoms. The lowest BCUT2D eigenvalue weighted by molar-refractivity contribution is 0.0695. The molecule has 0 saturated heterocycles. The van der Waals surface area contributed by atoms with E-state index in [0.717, 1.165) is 50.1 Å². The Morgan fingerprint density at radius 2 is 2.00 bits per heavy atom. The Bertz CT molecular complexity index is 1130. The second kappa shape index (κ2) is 7.27. The van der Waals surface area contributed by atoms with Gasteiger partial charge in [-0.25, -0.2) is 4.98 Å². The zero-order valence-electron chi connectivity index (χ0n) is 17.8. The number of thioether (sulfide) groups is 1. The maximum Gasteiger partial charge on any atom is 0.255 e. The maximum absolute atomic E-state index is 13.2. The molecular formula is C24H26N4OS. The number of aryl methyl sites for hydroxylation is 2. The van der Waals surface area contributed by atoms with E-state index < -0.39 is 0 Å². The minimum atomic E-state index is 0.192. The third-order valence-electron chi connectivity index (χ3n) is 6.48. The van der Waals surface area contributed by atoms with Crippen LogP contribution >= 0.6 is 11.8 Å². The number of aromatic nitrogens is 3. The first-order valence-corrected chi connectivity index (χ1v) is 11.7. The lowest BCUT2D eigenvalue weighted by atomic mass is 10.0. The number of fused-ring (bicyclic) bond motifs is 1. The molecule has 0 bridgehead atoms. The molecule has 1 aliphatic carbocycles. The summed E-state index contributed by atoms with van der Waals surface area (Å²) < 4.78 is 0. The molecule has 154 valence electrons. The number of aromatic amines is 1. The molecule has 1 amide bonds. The molecule has 1 aliphatic heterocycles. The van der Waals surface area contributed by atoms with Gasteiger partial charge < -0.3 is 9.88 Å². The summed E-state index contributed by atoms with van der Waals surface area (Å²) >= 11 is 1.65. The Balaban J connectivity index is 1.53. The van der Waals surface area contributed by atoms with Crippen molar-refractivity contribution in [3.8, 4) is 22.6 Å². The normalized spacial score (nSPS) is 16.8. The Hall–Kier alpha value is -2.60. The Morgan fingerprint density at radius 3 is 2.67 bits per heavy atom. The highest BCUT2D eigenvalue weighted by Crippen LogP contribution is 2.41. The first-order valence-electron chi connectivity index (χ1n) is 10.5. The summed E-state index contributed by atoms with van der Waals surface area (Å²) in [6.45, 7) is 6.92. The highest BCUT2D eigenvalue weighted by atomic mass is 32.2. The molecule has 5 nitrogen and oxygen atoms in total. The van der Waals surface area contributed by atoms with Crippen molar-refractivity contribution in [2.45, 2.75) is 51.1 Å². The van der Waals surface area contributed by atoms with Gasteiger partial charge in [0.15, 0.2) is 5.82 Å². The van der Waals surface area contributed by atoms with E-state index in [9.17, 15) is 4.79 Å². The van der Waals surface area contributed by atoms with Crippen LogP contribution in [0.25, 0.3) is 22.6 Å². The number of hydrogen-bond donors (Lipinski definition) is 1. The molecule has 6 heteroatoms. The van der Waals surface area contributed by atoms with Gasteiger partial charge in [0, 0.05) is 29.4 Å². The minimum absolute atomic E-state index is 0.192. The van der Waals surface area contributed by atoms with Gasteiger partial charge in [-0.3, -0.25) is 9.78 Å². The molecule has 5 rings (SSSR count). The lowest BCUT2D eigenvalue weighted by Crippen LogP contribution is -2.34. The van der Waals surface area contributed by atoms with Gasteiger partial charge in [0.05, 0.1) is 11.3 Å². The average molecular weight is 419 g/mol. The van der Waals surface area contributed by atoms with Gasteiger partial charge in [0.2, 0.25) is 0 Å². The van der Waals surface area contributed by atoms with Crippen LogP contribution in [0.15, 0.2) is 35.4 Å². The number of imidazole rings is 1. The second-order valence-corrected chi connectivity index (χ2v) is 9.30. The molecular weight excluding hydrogens is 392 g/mol. The zero-order chi connectivity index (χ0) is 21.0. The molecule has 1 atom stereocenters. The summed E-state index contributed by atoms with van der Waals surface area (Å²) in [4.78, 5) is 28.7. The number of nitrogens with zero attached hydrogens (tertiary/aromatic N) is 3. The molecule has 3 heterocycles. The maximum atomic E-state index is 13.2. The van der Waals surface area contributed by atoms with Crippen LogP contribution in [0.2, 0.25) is 0 Å². The fourth-order valence-electron chi connectivity index (χ4n) is 4.34. The van der Waals surface area contributed by atoms with Gasteiger partial charge in [0.25, 0.3) is 5.91 Å². The highest BCUT2D eigenvalue weighted by molar-refractivity contribution is 7.98. The summed E-state index contributed by atoms with van der Waals surface area (Å²) in [5.41, 5.74) is 7.12. The number of pyridine rings is 1. The number of carbonyl (C=O) groups is 1. The van der Waals surface area contributed by atoms with Crippen molar-refractivity contribution in [2.75, 3.05) is 6.26 Å². The zero-order valence-corrected chi connectivity index (χ0v) is 18.6. The van der Waals surface area contributed by atoms with Gasteiger partial charge in [0.1, 0.15) is 5.69 Å². The molecule has 30 heavy (non-hydrogen) atoms. The van der Waals surface area contributed by atoms with Crippen LogP contribution in [0.4, 0.5) is 0 Å². The number of carbonyl (C=O) groups excluding carboxylic acids is 1. The van der Waals surface area contributed by atoms with Crippen molar-refractivity contribution in [1.29, 1.82) is 0 Å². The van der Waals surface area contributed by atoms with Crippen LogP contribution in [0.1, 0.15) is 47.1 Å². The van der Waals surface area contributed by atoms with Crippen molar-refractivity contribution >= 4 is 17.7 Å². The Kier molecular flexibility index (Phi) is 4.69. The monoisotopic (exact) mass is 418 g/mol. The van der Waals surface area contributed by atoms with Crippen molar-refractivity contribution in [1.82, 2.24) is 19.9 Å². The first-order chi connectivity index (χ1) is 14.5. The van der Waals surface area contributed by atoms with Crippen LogP contribution in [0.5, 0.6) is 0 Å². The number of amides is 1. The Morgan fingerprint density at radius 1 is 1.20 bits per heavy atom. The molecule has 1 aromatic carbocycles. The lowest BCUT2D eigenvalue weighted by Gasteiger charge is -2.24. The number of H-pyrrole nitrogens is 1. The molecule has 1 saturated carbocycles. The molecule has 1 N–H and O–H groups in total. The number of rotatable bonds is 5. The van der Waals surface area contributed by atoms with E-state index in [1.165, 1.54) is 12.8 Å². The van der Waals surface area contributed by atoms with Gasteiger partial charge in [-0.2, -0.15) is 0 Å². The minimum Gasteiger partial charge on any atom is -0.341 e. The molecule has 3 aromatic rings. The van der Waals surface area contributed by atoms with Gasteiger partial charge >= 0.3 is 0 Å². The fraction of sp³-hybridized carbons (Fsp3) is 0.375. The van der Waals surface area contributed by atoms with E-state index in [2.05, 4.69) is 45.0 Å². The van der Waals surface area contributed by atoms with E-state index in [4.69, 9.17) is 0 Å². The number of benzene rings is 1. The standard InChI is InChI=1S/C24H26N4OS/c1-13-14(2)27-23(26-13)20-10-17(7-8-25-20)18-9-19-12-28(15(3)16-5-6-16)24(29)22(19)21(11-18)30-4/h7-11,15-16H,5-6,12H2,1-4H3,(H,26,27)/t15-/m0/s1. The van der Waals surface area contributed by atoms with Crippen LogP contribution in [-0.2, 0) is 6.54 Å². The molecule has 2 aromatic heterocycles. The van der Waals surface area contributed by atoms with E-state index in [1.807, 2.05) is 32.4 Å². The van der Waals surface area contributed by atoms with Crippen molar-refractivity contribution < 1.29 is 4.79 Å². The predicted octanol–water partition coefficient (Wildman–Crippen LogP) is 5.23. The summed E-state index contributed by atoms with van der Waals surface area (Å²) in [5, 5.41) is 0. The third-order valence-corrected chi connectivity index (χ3v) is 7.24. The van der Waals surface area contributed by atoms with Crippen LogP contribution in [0.3, 0.4) is 0 Å². The summed E-state index contributed by atoms with van der Waals surface area (Å²) in [7, 11) is 0. The molecule has 0 radical (unpaired) electrons. The fourth-order valence-corrected chi connectivity index (χ4v) is 5.01. The van der Waals surface area contributed by atoms with Crippen LogP contribution < -0.4 is 0 Å². The van der Waals surface area contributed by atoms with Gasteiger partial charge in [-0.1, -0.05) is 0 Å². The van der Waals surface area contributed by atoms with E-state index in [-0.39, 0.29) is 5.91 Å². The second-order valence-electron chi connectivity index (χ2n) is 8.45. The molecule has 2 aliphatic rings. The summed E-state index contributed by atoms with van der Waals surface area (Å²) in [6.07, 6.45) is 6.36. The highest BCUT2D eigenvalue weighted by Gasteiger charge is 2.39. The number of nitrogens with one attached hydrogen (secondary N) is 1. The van der Waals surface area contributed by atoms with Crippen molar-refractivity contribution in [3.05, 3.63) is 53.0 Å². The SMILES string of the molecule is CSc1cc(-c2ccnc(-c3nc(C)c(C)[nH]3)c2)cc2c1C(=O)N([C@@H](C)C1CC1)C2. The smallest absolute Gasteiger partial charge is 0.255 e. The topological polar surface area (TPSA) is 61.9 Å².